The summed E-state index contributed by atoms with van der Waals surface area (Å²) >= 11 is 0. The molecule has 1 heteroatoms. The quantitative estimate of drug-likeness (QED) is 0.658. The molecule has 0 aliphatic heterocycles. The highest BCUT2D eigenvalue weighted by Crippen LogP contribution is 2.43. The van der Waals surface area contributed by atoms with Crippen molar-refractivity contribution < 1.29 is 5.11 Å². The van der Waals surface area contributed by atoms with Crippen molar-refractivity contribution in [3.05, 3.63) is 12.2 Å². The smallest absolute Gasteiger partial charge is 0.0701 e. The SMILES string of the molecule is CC[C@H]1C[C@@H]1CC#C/C=C/C(C)O. The van der Waals surface area contributed by atoms with Crippen molar-refractivity contribution in [1.29, 1.82) is 0 Å². The van der Waals surface area contributed by atoms with Crippen LogP contribution in [-0.2, 0) is 0 Å². The molecule has 1 fully saturated rings. The molecular formula is C12H18O. The van der Waals surface area contributed by atoms with Gasteiger partial charge in [-0.05, 0) is 37.3 Å². The summed E-state index contributed by atoms with van der Waals surface area (Å²) in [7, 11) is 0. The van der Waals surface area contributed by atoms with Crippen molar-refractivity contribution in [3.63, 3.8) is 0 Å². The van der Waals surface area contributed by atoms with Gasteiger partial charge in [-0.15, -0.1) is 0 Å². The highest BCUT2D eigenvalue weighted by molar-refractivity contribution is 5.17. The van der Waals surface area contributed by atoms with Crippen molar-refractivity contribution in [2.24, 2.45) is 11.8 Å². The molecule has 1 unspecified atom stereocenters. The van der Waals surface area contributed by atoms with Crippen LogP contribution in [0, 0.1) is 23.7 Å². The highest BCUT2D eigenvalue weighted by atomic mass is 16.3. The number of hydrogen-bond acceptors (Lipinski definition) is 1. The minimum absolute atomic E-state index is 0.376. The number of aliphatic hydroxyl groups excluding tert-OH is 1. The second-order valence-electron chi connectivity index (χ2n) is 3.79. The Morgan fingerprint density at radius 1 is 1.54 bits per heavy atom. The summed E-state index contributed by atoms with van der Waals surface area (Å²) in [5.41, 5.74) is 0. The van der Waals surface area contributed by atoms with E-state index in [0.29, 0.717) is 0 Å². The zero-order valence-electron chi connectivity index (χ0n) is 8.46. The van der Waals surface area contributed by atoms with Gasteiger partial charge in [0.1, 0.15) is 0 Å². The molecule has 0 bridgehead atoms. The van der Waals surface area contributed by atoms with Crippen molar-refractivity contribution in [2.45, 2.75) is 39.2 Å². The molecule has 1 saturated carbocycles. The maximum Gasteiger partial charge on any atom is 0.0701 e. The summed E-state index contributed by atoms with van der Waals surface area (Å²) in [5.74, 6) is 7.86. The Morgan fingerprint density at radius 2 is 2.31 bits per heavy atom. The third-order valence-corrected chi connectivity index (χ3v) is 2.52. The molecule has 3 atom stereocenters. The molecule has 0 spiro atoms. The largest absolute Gasteiger partial charge is 0.389 e. The first-order valence-electron chi connectivity index (χ1n) is 5.07. The first-order valence-corrected chi connectivity index (χ1v) is 5.07. The second kappa shape index (κ2) is 5.09. The van der Waals surface area contributed by atoms with Crippen molar-refractivity contribution in [2.75, 3.05) is 0 Å². The molecule has 13 heavy (non-hydrogen) atoms. The molecule has 0 radical (unpaired) electrons. The predicted molar refractivity (Wildman–Crippen MR) is 55.1 cm³/mol. The fourth-order valence-corrected chi connectivity index (χ4v) is 1.50. The fourth-order valence-electron chi connectivity index (χ4n) is 1.50. The van der Waals surface area contributed by atoms with Gasteiger partial charge >= 0.3 is 0 Å². The third kappa shape index (κ3) is 4.15. The average molecular weight is 178 g/mol. The topological polar surface area (TPSA) is 20.2 Å². The van der Waals surface area contributed by atoms with Crippen LogP contribution in [0.2, 0.25) is 0 Å². The first kappa shape index (κ1) is 10.3. The van der Waals surface area contributed by atoms with Gasteiger partial charge in [-0.2, -0.15) is 0 Å². The van der Waals surface area contributed by atoms with Gasteiger partial charge < -0.3 is 5.11 Å². The summed E-state index contributed by atoms with van der Waals surface area (Å²) in [6.45, 7) is 3.97. The summed E-state index contributed by atoms with van der Waals surface area (Å²) < 4.78 is 0. The molecule has 1 nitrogen and oxygen atoms in total. The zero-order chi connectivity index (χ0) is 9.68. The van der Waals surface area contributed by atoms with Crippen LogP contribution in [0.4, 0.5) is 0 Å². The third-order valence-electron chi connectivity index (χ3n) is 2.52. The van der Waals surface area contributed by atoms with Gasteiger partial charge in [0.05, 0.1) is 6.10 Å². The van der Waals surface area contributed by atoms with Crippen molar-refractivity contribution in [1.82, 2.24) is 0 Å². The molecule has 0 amide bonds. The Kier molecular flexibility index (Phi) is 4.05. The van der Waals surface area contributed by atoms with Gasteiger partial charge in [0, 0.05) is 6.42 Å². The standard InChI is InChI=1S/C12H18O/c1-3-11-9-12(11)8-6-4-5-7-10(2)13/h5,7,10-13H,3,8-9H2,1-2H3/b7-5+/t10?,11-,12-/m0/s1. The number of aliphatic hydroxyl groups is 1. The van der Waals surface area contributed by atoms with E-state index in [1.807, 2.05) is 0 Å². The molecule has 1 aliphatic carbocycles. The summed E-state index contributed by atoms with van der Waals surface area (Å²) in [6, 6.07) is 0. The Morgan fingerprint density at radius 3 is 2.85 bits per heavy atom. The fraction of sp³-hybridized carbons (Fsp3) is 0.667. The van der Waals surface area contributed by atoms with Crippen molar-refractivity contribution >= 4 is 0 Å². The van der Waals surface area contributed by atoms with Crippen LogP contribution in [0.3, 0.4) is 0 Å². The van der Waals surface area contributed by atoms with E-state index < -0.39 is 0 Å². The van der Waals surface area contributed by atoms with Crippen LogP contribution in [0.15, 0.2) is 12.2 Å². The van der Waals surface area contributed by atoms with Gasteiger partial charge in [0.2, 0.25) is 0 Å². The van der Waals surface area contributed by atoms with Gasteiger partial charge in [-0.1, -0.05) is 25.2 Å². The molecule has 1 rings (SSSR count). The maximum atomic E-state index is 8.90. The Hall–Kier alpha value is -0.740. The molecule has 0 aromatic carbocycles. The zero-order valence-corrected chi connectivity index (χ0v) is 8.46. The normalized spacial score (nSPS) is 28.2. The Labute approximate surface area is 80.9 Å². The van der Waals surface area contributed by atoms with E-state index >= 15 is 0 Å². The van der Waals surface area contributed by atoms with Crippen molar-refractivity contribution in [3.8, 4) is 11.8 Å². The lowest BCUT2D eigenvalue weighted by atomic mass is 10.2. The Balaban J connectivity index is 2.12. The minimum Gasteiger partial charge on any atom is -0.389 e. The van der Waals surface area contributed by atoms with E-state index in [9.17, 15) is 0 Å². The molecule has 0 aromatic heterocycles. The van der Waals surface area contributed by atoms with Crippen LogP contribution in [-0.4, -0.2) is 11.2 Å². The lowest BCUT2D eigenvalue weighted by Crippen LogP contribution is -1.90. The van der Waals surface area contributed by atoms with E-state index in [2.05, 4.69) is 18.8 Å². The van der Waals surface area contributed by atoms with Crippen LogP contribution < -0.4 is 0 Å². The summed E-state index contributed by atoms with van der Waals surface area (Å²) in [4.78, 5) is 0. The van der Waals surface area contributed by atoms with E-state index in [4.69, 9.17) is 5.11 Å². The lowest BCUT2D eigenvalue weighted by molar-refractivity contribution is 0.244. The first-order chi connectivity index (χ1) is 6.24. The van der Waals surface area contributed by atoms with E-state index in [0.717, 1.165) is 18.3 Å². The molecular weight excluding hydrogens is 160 g/mol. The average Bonchev–Trinajstić information content (AvgIpc) is 2.82. The van der Waals surface area contributed by atoms with Crippen LogP contribution in [0.1, 0.15) is 33.1 Å². The number of rotatable bonds is 3. The molecule has 0 aromatic rings. The molecule has 1 aliphatic rings. The van der Waals surface area contributed by atoms with Gasteiger partial charge in [-0.25, -0.2) is 0 Å². The summed E-state index contributed by atoms with van der Waals surface area (Å²) in [5, 5.41) is 8.90. The monoisotopic (exact) mass is 178 g/mol. The van der Waals surface area contributed by atoms with E-state index in [1.165, 1.54) is 12.8 Å². The molecule has 0 saturated heterocycles. The predicted octanol–water partition coefficient (Wildman–Crippen LogP) is 2.36. The number of allylic oxidation sites excluding steroid dienone is 1. The Bertz CT molecular complexity index is 229. The number of hydrogen-bond donors (Lipinski definition) is 1. The van der Waals surface area contributed by atoms with Crippen LogP contribution in [0.5, 0.6) is 0 Å². The molecule has 72 valence electrons. The lowest BCUT2D eigenvalue weighted by Gasteiger charge is -1.88. The maximum absolute atomic E-state index is 8.90. The molecule has 0 heterocycles. The van der Waals surface area contributed by atoms with Crippen LogP contribution in [0.25, 0.3) is 0 Å². The van der Waals surface area contributed by atoms with Crippen LogP contribution >= 0.6 is 0 Å². The van der Waals surface area contributed by atoms with Gasteiger partial charge in [-0.3, -0.25) is 0 Å². The van der Waals surface area contributed by atoms with Gasteiger partial charge in [0.25, 0.3) is 0 Å². The second-order valence-corrected chi connectivity index (χ2v) is 3.79. The summed E-state index contributed by atoms with van der Waals surface area (Å²) in [6.07, 6.45) is 6.77. The minimum atomic E-state index is -0.376. The van der Waals surface area contributed by atoms with Gasteiger partial charge in [0.15, 0.2) is 0 Å². The highest BCUT2D eigenvalue weighted by Gasteiger charge is 2.33. The van der Waals surface area contributed by atoms with E-state index in [-0.39, 0.29) is 6.10 Å². The molecule has 1 N–H and O–H groups in total. The van der Waals surface area contributed by atoms with E-state index in [1.54, 1.807) is 19.1 Å².